The quantitative estimate of drug-likeness (QED) is 0.617. The fourth-order valence-electron chi connectivity index (χ4n) is 1.69. The second kappa shape index (κ2) is 5.76. The second-order valence-electron chi connectivity index (χ2n) is 4.18. The third-order valence-corrected chi connectivity index (χ3v) is 4.12. The Bertz CT molecular complexity index is 664. The van der Waals surface area contributed by atoms with Crippen LogP contribution in [0.4, 0.5) is 5.69 Å². The van der Waals surface area contributed by atoms with Gasteiger partial charge >= 0.3 is 0 Å². The Hall–Kier alpha value is -1.67. The molecule has 0 N–H and O–H groups in total. The zero-order valence-electron chi connectivity index (χ0n) is 10.8. The molecule has 0 aliphatic carbocycles. The molecular weight excluding hydrogens is 348 g/mol. The van der Waals surface area contributed by atoms with Crippen LogP contribution in [0.25, 0.3) is 0 Å². The monoisotopic (exact) mass is 358 g/mol. The Kier molecular flexibility index (Phi) is 4.24. The van der Waals surface area contributed by atoms with E-state index in [1.807, 2.05) is 0 Å². The zero-order valence-corrected chi connectivity index (χ0v) is 13.2. The lowest BCUT2D eigenvalue weighted by Gasteiger charge is -2.14. The number of carbonyl (C=O) groups is 1. The molecule has 106 valence electrons. The summed E-state index contributed by atoms with van der Waals surface area (Å²) in [4.78, 5) is 24.8. The highest BCUT2D eigenvalue weighted by molar-refractivity contribution is 9.10. The van der Waals surface area contributed by atoms with Gasteiger partial charge in [0.1, 0.15) is 5.76 Å². The van der Waals surface area contributed by atoms with Crippen LogP contribution in [-0.2, 0) is 6.54 Å². The van der Waals surface area contributed by atoms with Crippen molar-refractivity contribution in [1.82, 2.24) is 4.90 Å². The van der Waals surface area contributed by atoms with Crippen molar-refractivity contribution in [3.05, 3.63) is 48.5 Å². The summed E-state index contributed by atoms with van der Waals surface area (Å²) in [5, 5.41) is 10.8. The zero-order chi connectivity index (χ0) is 14.9. The van der Waals surface area contributed by atoms with Gasteiger partial charge in [0.2, 0.25) is 0 Å². The normalized spacial score (nSPS) is 10.6. The highest BCUT2D eigenvalue weighted by atomic mass is 79.9. The third kappa shape index (κ3) is 3.07. The summed E-state index contributed by atoms with van der Waals surface area (Å²) in [5.41, 5.74) is -0.0208. The second-order valence-corrected chi connectivity index (χ2v) is 6.21. The molecule has 0 radical (unpaired) electrons. The van der Waals surface area contributed by atoms with E-state index in [2.05, 4.69) is 15.9 Å². The first-order valence-corrected chi connectivity index (χ1v) is 7.24. The molecule has 0 unspecified atom stereocenters. The number of furan rings is 1. The number of thiophene rings is 1. The molecule has 2 rings (SSSR count). The van der Waals surface area contributed by atoms with Crippen LogP contribution in [0.2, 0.25) is 0 Å². The molecule has 0 aromatic carbocycles. The summed E-state index contributed by atoms with van der Waals surface area (Å²) >= 11 is 4.31. The Morgan fingerprint density at radius 3 is 2.75 bits per heavy atom. The number of halogens is 1. The molecule has 8 heteroatoms. The van der Waals surface area contributed by atoms with Crippen LogP contribution in [0.3, 0.4) is 0 Å². The van der Waals surface area contributed by atoms with E-state index in [1.165, 1.54) is 11.0 Å². The average Bonchev–Trinajstić information content (AvgIpc) is 2.94. The van der Waals surface area contributed by atoms with Crippen LogP contribution in [0.1, 0.15) is 20.3 Å². The minimum atomic E-state index is -0.480. The highest BCUT2D eigenvalue weighted by Crippen LogP contribution is 2.29. The number of hydrogen-bond donors (Lipinski definition) is 0. The number of hydrogen-bond acceptors (Lipinski definition) is 5. The fourth-order valence-corrected chi connectivity index (χ4v) is 3.01. The van der Waals surface area contributed by atoms with Gasteiger partial charge in [0.25, 0.3) is 11.6 Å². The highest BCUT2D eigenvalue weighted by Gasteiger charge is 2.22. The third-order valence-electron chi connectivity index (χ3n) is 2.67. The minimum absolute atomic E-state index is 0.0208. The summed E-state index contributed by atoms with van der Waals surface area (Å²) in [6, 6.07) is 4.82. The van der Waals surface area contributed by atoms with E-state index < -0.39 is 4.92 Å². The number of nitrogens with zero attached hydrogens (tertiary/aromatic N) is 2. The average molecular weight is 359 g/mol. The smallest absolute Gasteiger partial charge is 0.283 e. The predicted molar refractivity (Wildman–Crippen MR) is 77.9 cm³/mol. The molecule has 2 heterocycles. The molecule has 0 aliphatic heterocycles. The topological polar surface area (TPSA) is 76.6 Å². The van der Waals surface area contributed by atoms with Gasteiger partial charge in [-0.1, -0.05) is 0 Å². The van der Waals surface area contributed by atoms with Gasteiger partial charge in [-0.2, -0.15) is 0 Å². The van der Waals surface area contributed by atoms with E-state index in [0.29, 0.717) is 26.7 Å². The first-order chi connectivity index (χ1) is 9.38. The van der Waals surface area contributed by atoms with Gasteiger partial charge < -0.3 is 9.32 Å². The maximum Gasteiger partial charge on any atom is 0.283 e. The Balaban J connectivity index is 2.14. The predicted octanol–water partition coefficient (Wildman–Crippen LogP) is 3.59. The van der Waals surface area contributed by atoms with Crippen LogP contribution in [0.5, 0.6) is 0 Å². The number of aryl methyl sites for hydroxylation is 1. The molecule has 0 bridgehead atoms. The van der Waals surface area contributed by atoms with E-state index in [1.54, 1.807) is 26.1 Å². The lowest BCUT2D eigenvalue weighted by molar-refractivity contribution is -0.385. The van der Waals surface area contributed by atoms with Crippen molar-refractivity contribution >= 4 is 38.9 Å². The van der Waals surface area contributed by atoms with Crippen LogP contribution in [0.15, 0.2) is 27.3 Å². The summed E-state index contributed by atoms with van der Waals surface area (Å²) in [5.74, 6) is 0.370. The van der Waals surface area contributed by atoms with Crippen LogP contribution < -0.4 is 0 Å². The van der Waals surface area contributed by atoms with Gasteiger partial charge in [0, 0.05) is 13.1 Å². The molecule has 1 amide bonds. The lowest BCUT2D eigenvalue weighted by Crippen LogP contribution is -2.25. The molecule has 0 fully saturated rings. The molecule has 0 aliphatic rings. The maximum atomic E-state index is 12.2. The van der Waals surface area contributed by atoms with Crippen molar-refractivity contribution < 1.29 is 14.1 Å². The SMILES string of the molecule is Cc1sc(C(=O)N(C)Cc2ccc(Br)o2)cc1[N+](=O)[O-]. The number of nitro groups is 1. The van der Waals surface area contributed by atoms with Crippen molar-refractivity contribution in [2.24, 2.45) is 0 Å². The molecular formula is C12H11BrN2O4S. The first-order valence-electron chi connectivity index (χ1n) is 5.63. The van der Waals surface area contributed by atoms with Gasteiger partial charge in [0.15, 0.2) is 4.67 Å². The van der Waals surface area contributed by atoms with Gasteiger partial charge in [0.05, 0.1) is 21.2 Å². The van der Waals surface area contributed by atoms with Crippen molar-refractivity contribution in [3.8, 4) is 0 Å². The molecule has 20 heavy (non-hydrogen) atoms. The van der Waals surface area contributed by atoms with Gasteiger partial charge in [-0.3, -0.25) is 14.9 Å². The van der Waals surface area contributed by atoms with E-state index in [-0.39, 0.29) is 11.6 Å². The Morgan fingerprint density at radius 1 is 1.55 bits per heavy atom. The standard InChI is InChI=1S/C12H11BrN2O4S/c1-7-9(15(17)18)5-10(20-7)12(16)14(2)6-8-3-4-11(13)19-8/h3-5H,6H2,1-2H3. The van der Waals surface area contributed by atoms with Gasteiger partial charge in [-0.25, -0.2) is 0 Å². The molecule has 0 atom stereocenters. The van der Waals surface area contributed by atoms with Crippen molar-refractivity contribution in [1.29, 1.82) is 0 Å². The first kappa shape index (κ1) is 14.7. The molecule has 2 aromatic heterocycles. The van der Waals surface area contributed by atoms with Gasteiger partial charge in [-0.05, 0) is 35.0 Å². The van der Waals surface area contributed by atoms with E-state index >= 15 is 0 Å². The fraction of sp³-hybridized carbons (Fsp3) is 0.250. The summed E-state index contributed by atoms with van der Waals surface area (Å²) < 4.78 is 5.92. The minimum Gasteiger partial charge on any atom is -0.452 e. The van der Waals surface area contributed by atoms with Gasteiger partial charge in [-0.15, -0.1) is 11.3 Å². The summed E-state index contributed by atoms with van der Waals surface area (Å²) in [6.07, 6.45) is 0. The van der Waals surface area contributed by atoms with Crippen LogP contribution in [-0.4, -0.2) is 22.8 Å². The van der Waals surface area contributed by atoms with Crippen molar-refractivity contribution in [3.63, 3.8) is 0 Å². The number of rotatable bonds is 4. The molecule has 0 saturated heterocycles. The Morgan fingerprint density at radius 2 is 2.25 bits per heavy atom. The van der Waals surface area contributed by atoms with E-state index in [4.69, 9.17) is 4.42 Å². The Labute approximate surface area is 127 Å². The van der Waals surface area contributed by atoms with Crippen LogP contribution >= 0.6 is 27.3 Å². The van der Waals surface area contributed by atoms with E-state index in [0.717, 1.165) is 11.3 Å². The lowest BCUT2D eigenvalue weighted by atomic mass is 10.3. The maximum absolute atomic E-state index is 12.2. The summed E-state index contributed by atoms with van der Waals surface area (Å²) in [7, 11) is 1.62. The van der Waals surface area contributed by atoms with Crippen LogP contribution in [0, 0.1) is 17.0 Å². The largest absolute Gasteiger partial charge is 0.452 e. The molecule has 0 spiro atoms. The van der Waals surface area contributed by atoms with Crippen molar-refractivity contribution in [2.45, 2.75) is 13.5 Å². The van der Waals surface area contributed by atoms with E-state index in [9.17, 15) is 14.9 Å². The molecule has 0 saturated carbocycles. The summed E-state index contributed by atoms with van der Waals surface area (Å²) in [6.45, 7) is 1.93. The molecule has 6 nitrogen and oxygen atoms in total. The molecule has 2 aromatic rings. The number of carbonyl (C=O) groups excluding carboxylic acids is 1. The number of amides is 1. The van der Waals surface area contributed by atoms with Crippen molar-refractivity contribution in [2.75, 3.05) is 7.05 Å².